The molecule has 0 rings (SSSR count). The van der Waals surface area contributed by atoms with Gasteiger partial charge in [-0.15, -0.1) is 0 Å². The summed E-state index contributed by atoms with van der Waals surface area (Å²) >= 11 is 0. The maximum Gasteiger partial charge on any atom is 0.276 e. The number of nitrogens with one attached hydrogen (secondary N) is 1. The fourth-order valence-electron chi connectivity index (χ4n) is 0.820. The summed E-state index contributed by atoms with van der Waals surface area (Å²) in [6, 6.07) is 0.430. The van der Waals surface area contributed by atoms with Gasteiger partial charge in [-0.3, -0.25) is 0 Å². The van der Waals surface area contributed by atoms with Crippen LogP contribution in [-0.2, 0) is 10.2 Å². The number of rotatable bonds is 6. The van der Waals surface area contributed by atoms with Gasteiger partial charge in [0.1, 0.15) is 0 Å². The molecule has 13 heavy (non-hydrogen) atoms. The molecule has 80 valence electrons. The minimum absolute atomic E-state index is 0.430. The Balaban J connectivity index is 3.55. The van der Waals surface area contributed by atoms with Crippen molar-refractivity contribution in [2.24, 2.45) is 5.14 Å². The van der Waals surface area contributed by atoms with Crippen LogP contribution in [0.2, 0.25) is 0 Å². The van der Waals surface area contributed by atoms with Gasteiger partial charge in [0.15, 0.2) is 0 Å². The first-order valence-electron chi connectivity index (χ1n) is 4.31. The molecular formula is C7H19N3O2S. The molecule has 0 atom stereocenters. The summed E-state index contributed by atoms with van der Waals surface area (Å²) in [7, 11) is -2.02. The topological polar surface area (TPSA) is 75.4 Å². The molecule has 0 aromatic carbocycles. The Bertz CT molecular complexity index is 226. The molecule has 0 unspecified atom stereocenters. The van der Waals surface area contributed by atoms with Crippen LogP contribution in [0.3, 0.4) is 0 Å². The van der Waals surface area contributed by atoms with Crippen molar-refractivity contribution in [3.05, 3.63) is 0 Å². The second-order valence-electron chi connectivity index (χ2n) is 3.33. The summed E-state index contributed by atoms with van der Waals surface area (Å²) in [6.07, 6.45) is 0.769. The quantitative estimate of drug-likeness (QED) is 0.580. The normalized spacial score (nSPS) is 12.8. The fourth-order valence-corrected chi connectivity index (χ4v) is 1.20. The fraction of sp³-hybridized carbons (Fsp3) is 1.00. The molecule has 0 radical (unpaired) electrons. The lowest BCUT2D eigenvalue weighted by Gasteiger charge is -2.14. The lowest BCUT2D eigenvalue weighted by Crippen LogP contribution is -2.35. The highest BCUT2D eigenvalue weighted by Gasteiger charge is 2.09. The largest absolute Gasteiger partial charge is 0.314 e. The molecule has 0 saturated heterocycles. The van der Waals surface area contributed by atoms with Gasteiger partial charge < -0.3 is 5.32 Å². The Labute approximate surface area is 80.5 Å². The summed E-state index contributed by atoms with van der Waals surface area (Å²) in [6.45, 7) is 5.35. The molecule has 0 aromatic heterocycles. The van der Waals surface area contributed by atoms with Gasteiger partial charge in [0.05, 0.1) is 0 Å². The molecule has 0 amide bonds. The predicted octanol–water partition coefficient (Wildman–Crippen LogP) is -0.490. The van der Waals surface area contributed by atoms with E-state index >= 15 is 0 Å². The van der Waals surface area contributed by atoms with Crippen LogP contribution in [0.1, 0.15) is 20.3 Å². The van der Waals surface area contributed by atoms with Crippen LogP contribution in [-0.4, -0.2) is 38.9 Å². The van der Waals surface area contributed by atoms with E-state index < -0.39 is 10.2 Å². The van der Waals surface area contributed by atoms with Gasteiger partial charge in [0, 0.05) is 19.6 Å². The van der Waals surface area contributed by atoms with E-state index in [0.29, 0.717) is 12.6 Å². The molecular weight excluding hydrogens is 190 g/mol. The molecule has 0 saturated carbocycles. The average Bonchev–Trinajstić information content (AvgIpc) is 1.95. The second kappa shape index (κ2) is 5.54. The van der Waals surface area contributed by atoms with Crippen molar-refractivity contribution in [3.63, 3.8) is 0 Å². The van der Waals surface area contributed by atoms with Crippen LogP contribution < -0.4 is 10.5 Å². The SMILES string of the molecule is CC(C)NCCCN(C)S(N)(=O)=O. The Morgan fingerprint density at radius 2 is 2.00 bits per heavy atom. The van der Waals surface area contributed by atoms with E-state index in [2.05, 4.69) is 5.32 Å². The highest BCUT2D eigenvalue weighted by Crippen LogP contribution is 1.91. The van der Waals surface area contributed by atoms with E-state index in [9.17, 15) is 8.42 Å². The van der Waals surface area contributed by atoms with E-state index in [1.54, 1.807) is 0 Å². The van der Waals surface area contributed by atoms with Gasteiger partial charge >= 0.3 is 0 Å². The zero-order chi connectivity index (χ0) is 10.5. The van der Waals surface area contributed by atoms with E-state index in [-0.39, 0.29) is 0 Å². The average molecular weight is 209 g/mol. The smallest absolute Gasteiger partial charge is 0.276 e. The first-order valence-corrected chi connectivity index (χ1v) is 5.82. The third-order valence-electron chi connectivity index (χ3n) is 1.64. The summed E-state index contributed by atoms with van der Waals surface area (Å²) in [5, 5.41) is 8.09. The second-order valence-corrected chi connectivity index (χ2v) is 4.98. The summed E-state index contributed by atoms with van der Waals surface area (Å²) < 4.78 is 22.6. The lowest BCUT2D eigenvalue weighted by atomic mass is 10.3. The van der Waals surface area contributed by atoms with Crippen LogP contribution in [0.4, 0.5) is 0 Å². The van der Waals surface area contributed by atoms with Crippen LogP contribution in [0, 0.1) is 0 Å². The highest BCUT2D eigenvalue weighted by molar-refractivity contribution is 7.86. The zero-order valence-electron chi connectivity index (χ0n) is 8.45. The number of nitrogens with zero attached hydrogens (tertiary/aromatic N) is 1. The molecule has 5 nitrogen and oxygen atoms in total. The number of nitrogens with two attached hydrogens (primary N) is 1. The molecule has 0 aliphatic carbocycles. The molecule has 0 bridgehead atoms. The molecule has 3 N–H and O–H groups in total. The molecule has 0 aliphatic heterocycles. The van der Waals surface area contributed by atoms with Crippen molar-refractivity contribution in [1.29, 1.82) is 0 Å². The Hall–Kier alpha value is -0.170. The molecule has 0 spiro atoms. The summed E-state index contributed by atoms with van der Waals surface area (Å²) in [5.41, 5.74) is 0. The van der Waals surface area contributed by atoms with Crippen LogP contribution in [0.5, 0.6) is 0 Å². The lowest BCUT2D eigenvalue weighted by molar-refractivity contribution is 0.448. The predicted molar refractivity (Wildman–Crippen MR) is 53.5 cm³/mol. The minimum Gasteiger partial charge on any atom is -0.314 e. The van der Waals surface area contributed by atoms with Crippen molar-refractivity contribution < 1.29 is 8.42 Å². The van der Waals surface area contributed by atoms with E-state index in [1.807, 2.05) is 13.8 Å². The highest BCUT2D eigenvalue weighted by atomic mass is 32.2. The molecule has 0 aromatic rings. The van der Waals surface area contributed by atoms with E-state index in [1.165, 1.54) is 7.05 Å². The van der Waals surface area contributed by atoms with Gasteiger partial charge in [-0.05, 0) is 13.0 Å². The number of hydrogen-bond acceptors (Lipinski definition) is 3. The third-order valence-corrected chi connectivity index (χ3v) is 2.69. The van der Waals surface area contributed by atoms with Gasteiger partial charge in [0.25, 0.3) is 10.2 Å². The van der Waals surface area contributed by atoms with Crippen LogP contribution in [0.15, 0.2) is 0 Å². The Morgan fingerprint density at radius 1 is 1.46 bits per heavy atom. The third kappa shape index (κ3) is 6.94. The van der Waals surface area contributed by atoms with Gasteiger partial charge in [-0.1, -0.05) is 13.8 Å². The van der Waals surface area contributed by atoms with Gasteiger partial charge in [0.2, 0.25) is 0 Å². The van der Waals surface area contributed by atoms with Crippen molar-refractivity contribution >= 4 is 10.2 Å². The Kier molecular flexibility index (Phi) is 5.46. The first kappa shape index (κ1) is 12.8. The van der Waals surface area contributed by atoms with Crippen molar-refractivity contribution in [3.8, 4) is 0 Å². The standard InChI is InChI=1S/C7H19N3O2S/c1-7(2)9-5-4-6-10(3)13(8,11)12/h7,9H,4-6H2,1-3H3,(H2,8,11,12). The van der Waals surface area contributed by atoms with Gasteiger partial charge in [-0.2, -0.15) is 12.7 Å². The van der Waals surface area contributed by atoms with E-state index in [4.69, 9.17) is 5.14 Å². The van der Waals surface area contributed by atoms with Crippen molar-refractivity contribution in [2.45, 2.75) is 26.3 Å². The summed E-state index contributed by atoms with van der Waals surface area (Å²) in [5.74, 6) is 0. The summed E-state index contributed by atoms with van der Waals surface area (Å²) in [4.78, 5) is 0. The maximum atomic E-state index is 10.7. The number of hydrogen-bond donors (Lipinski definition) is 2. The van der Waals surface area contributed by atoms with Crippen molar-refractivity contribution in [2.75, 3.05) is 20.1 Å². The zero-order valence-corrected chi connectivity index (χ0v) is 9.26. The minimum atomic E-state index is -3.50. The first-order chi connectivity index (χ1) is 5.84. The van der Waals surface area contributed by atoms with Crippen LogP contribution >= 0.6 is 0 Å². The molecule has 0 aliphatic rings. The molecule has 0 fully saturated rings. The molecule has 6 heteroatoms. The monoisotopic (exact) mass is 209 g/mol. The maximum absolute atomic E-state index is 10.7. The van der Waals surface area contributed by atoms with Crippen molar-refractivity contribution in [1.82, 2.24) is 9.62 Å². The Morgan fingerprint density at radius 3 is 2.38 bits per heavy atom. The molecule has 0 heterocycles. The van der Waals surface area contributed by atoms with Gasteiger partial charge in [-0.25, -0.2) is 5.14 Å². The van der Waals surface area contributed by atoms with Crippen LogP contribution in [0.25, 0.3) is 0 Å². The van der Waals surface area contributed by atoms with E-state index in [0.717, 1.165) is 17.3 Å².